The Morgan fingerprint density at radius 2 is 0.900 bits per heavy atom. The summed E-state index contributed by atoms with van der Waals surface area (Å²) in [5.74, 6) is 2.91. The monoisotopic (exact) mass is 388 g/mol. The lowest BCUT2D eigenvalue weighted by atomic mass is 9.57. The molecule has 5 rings (SSSR count). The van der Waals surface area contributed by atoms with E-state index >= 15 is 0 Å². The molecule has 2 aromatic carbocycles. The van der Waals surface area contributed by atoms with Gasteiger partial charge in [0.25, 0.3) is 0 Å². The third-order valence-electron chi connectivity index (χ3n) is 5.64. The largest absolute Gasteiger partial charge is 0.0835 e. The second-order valence-electron chi connectivity index (χ2n) is 6.27. The Labute approximate surface area is 135 Å². The molecule has 0 saturated heterocycles. The Kier molecular flexibility index (Phi) is 2.39. The van der Waals surface area contributed by atoms with Gasteiger partial charge in [-0.15, -0.1) is 0 Å². The quantitative estimate of drug-likeness (QED) is 0.507. The highest BCUT2D eigenvalue weighted by molar-refractivity contribution is 9.09. The number of fused-ring (bicyclic) bond motifs is 8. The second kappa shape index (κ2) is 3.98. The van der Waals surface area contributed by atoms with Gasteiger partial charge >= 0.3 is 0 Å². The molecule has 0 aromatic heterocycles. The Morgan fingerprint density at radius 1 is 0.550 bits per heavy atom. The molecule has 1 saturated carbocycles. The molecule has 2 heteroatoms. The van der Waals surface area contributed by atoms with Gasteiger partial charge in [0.15, 0.2) is 0 Å². The van der Waals surface area contributed by atoms with Gasteiger partial charge in [-0.1, -0.05) is 80.4 Å². The van der Waals surface area contributed by atoms with Crippen LogP contribution < -0.4 is 0 Å². The first-order chi connectivity index (χ1) is 9.79. The van der Waals surface area contributed by atoms with E-state index in [1.807, 2.05) is 0 Å². The van der Waals surface area contributed by atoms with E-state index in [1.165, 1.54) is 11.1 Å². The van der Waals surface area contributed by atoms with Gasteiger partial charge in [-0.2, -0.15) is 0 Å². The molecule has 0 spiro atoms. The lowest BCUT2D eigenvalue weighted by Gasteiger charge is -2.48. The van der Waals surface area contributed by atoms with Crippen molar-refractivity contribution in [3.8, 4) is 0 Å². The van der Waals surface area contributed by atoms with Crippen molar-refractivity contribution < 1.29 is 0 Å². The SMILES string of the molecule is Br[C@@H]1c2ccccc2[C@@H]2[C@@H]3c4ccccc4[C@H](Br)[C@H]3[C@H]21. The molecule has 3 aliphatic carbocycles. The van der Waals surface area contributed by atoms with Crippen molar-refractivity contribution in [2.24, 2.45) is 11.8 Å². The Balaban J connectivity index is 1.69. The summed E-state index contributed by atoms with van der Waals surface area (Å²) < 4.78 is 0. The minimum absolute atomic E-state index is 0.527. The molecule has 1 fully saturated rings. The molecule has 3 aliphatic rings. The van der Waals surface area contributed by atoms with E-state index < -0.39 is 0 Å². The molecule has 2 aromatic rings. The first kappa shape index (κ1) is 12.0. The number of halogens is 2. The van der Waals surface area contributed by atoms with Crippen LogP contribution in [0.15, 0.2) is 48.5 Å². The molecule has 0 unspecified atom stereocenters. The molecule has 0 radical (unpaired) electrons. The van der Waals surface area contributed by atoms with Gasteiger partial charge in [0.2, 0.25) is 0 Å². The summed E-state index contributed by atoms with van der Waals surface area (Å²) >= 11 is 7.96. The van der Waals surface area contributed by atoms with Crippen LogP contribution in [0.1, 0.15) is 43.7 Å². The van der Waals surface area contributed by atoms with Crippen LogP contribution in [0.25, 0.3) is 0 Å². The summed E-state index contributed by atoms with van der Waals surface area (Å²) in [6.45, 7) is 0. The van der Waals surface area contributed by atoms with Gasteiger partial charge < -0.3 is 0 Å². The van der Waals surface area contributed by atoms with Crippen molar-refractivity contribution in [2.75, 3.05) is 0 Å². The van der Waals surface area contributed by atoms with E-state index in [-0.39, 0.29) is 0 Å². The lowest BCUT2D eigenvalue weighted by Crippen LogP contribution is -2.40. The van der Waals surface area contributed by atoms with Crippen LogP contribution in [0, 0.1) is 11.8 Å². The zero-order valence-electron chi connectivity index (χ0n) is 10.8. The molecule has 20 heavy (non-hydrogen) atoms. The minimum atomic E-state index is 0.527. The fraction of sp³-hybridized carbons (Fsp3) is 0.333. The zero-order valence-corrected chi connectivity index (χ0v) is 14.0. The summed E-state index contributed by atoms with van der Waals surface area (Å²) in [7, 11) is 0. The third kappa shape index (κ3) is 1.24. The molecule has 0 nitrogen and oxygen atoms in total. The van der Waals surface area contributed by atoms with E-state index in [4.69, 9.17) is 0 Å². The maximum atomic E-state index is 3.98. The Morgan fingerprint density at radius 3 is 1.30 bits per heavy atom. The highest BCUT2D eigenvalue weighted by Crippen LogP contribution is 2.75. The highest BCUT2D eigenvalue weighted by Gasteiger charge is 2.63. The van der Waals surface area contributed by atoms with Crippen molar-refractivity contribution in [3.63, 3.8) is 0 Å². The number of hydrogen-bond acceptors (Lipinski definition) is 0. The molecule has 0 heterocycles. The second-order valence-corrected chi connectivity index (χ2v) is 8.24. The molecule has 6 atom stereocenters. The minimum Gasteiger partial charge on any atom is -0.0835 e. The summed E-state index contributed by atoms with van der Waals surface area (Å²) in [6.07, 6.45) is 0. The fourth-order valence-electron chi connectivity index (χ4n) is 4.91. The Hall–Kier alpha value is -0.600. The van der Waals surface area contributed by atoms with Crippen molar-refractivity contribution >= 4 is 31.9 Å². The standard InChI is InChI=1S/C18H14Br2/c19-17-11-7-3-1-5-9(11)13-14-10-6-2-4-8-12(10)18(20)16(14)15(13)17/h1-8,13-18H/t13-,14+,15+,16-,17-,18+. The van der Waals surface area contributed by atoms with Gasteiger partial charge in [0.05, 0.1) is 0 Å². The average molecular weight is 390 g/mol. The van der Waals surface area contributed by atoms with E-state index in [0.29, 0.717) is 21.5 Å². The van der Waals surface area contributed by atoms with Crippen LogP contribution in [0.3, 0.4) is 0 Å². The van der Waals surface area contributed by atoms with Crippen molar-refractivity contribution in [1.82, 2.24) is 0 Å². The maximum absolute atomic E-state index is 3.98. The van der Waals surface area contributed by atoms with Crippen LogP contribution in [-0.4, -0.2) is 0 Å². The van der Waals surface area contributed by atoms with E-state index in [9.17, 15) is 0 Å². The van der Waals surface area contributed by atoms with Crippen molar-refractivity contribution in [1.29, 1.82) is 0 Å². The molecule has 0 aliphatic heterocycles. The first-order valence-electron chi connectivity index (χ1n) is 7.25. The number of rotatable bonds is 0. The summed E-state index contributed by atoms with van der Waals surface area (Å²) in [6, 6.07) is 18.0. The first-order valence-corrected chi connectivity index (χ1v) is 9.08. The van der Waals surface area contributed by atoms with Crippen molar-refractivity contribution in [2.45, 2.75) is 21.5 Å². The fourth-order valence-corrected chi connectivity index (χ4v) is 7.11. The van der Waals surface area contributed by atoms with Gasteiger partial charge in [-0.25, -0.2) is 0 Å². The lowest BCUT2D eigenvalue weighted by molar-refractivity contribution is 0.121. The van der Waals surface area contributed by atoms with E-state index in [1.54, 1.807) is 11.1 Å². The molecule has 0 amide bonds. The van der Waals surface area contributed by atoms with E-state index in [0.717, 1.165) is 11.8 Å². The Bertz CT molecular complexity index is 647. The number of alkyl halides is 2. The van der Waals surface area contributed by atoms with E-state index in [2.05, 4.69) is 80.4 Å². The van der Waals surface area contributed by atoms with Crippen LogP contribution >= 0.6 is 31.9 Å². The number of benzene rings is 2. The van der Waals surface area contributed by atoms with Gasteiger partial charge in [-0.05, 0) is 45.9 Å². The normalized spacial score (nSPS) is 39.5. The molecule has 0 N–H and O–H groups in total. The zero-order chi connectivity index (χ0) is 13.4. The molecular weight excluding hydrogens is 376 g/mol. The molecular formula is C18H14Br2. The molecule has 100 valence electrons. The number of hydrogen-bond donors (Lipinski definition) is 0. The van der Waals surface area contributed by atoms with Crippen LogP contribution in [0.5, 0.6) is 0 Å². The van der Waals surface area contributed by atoms with Crippen LogP contribution in [0.2, 0.25) is 0 Å². The summed E-state index contributed by atoms with van der Waals surface area (Å²) in [5, 5.41) is 0. The van der Waals surface area contributed by atoms with Gasteiger partial charge in [0.1, 0.15) is 0 Å². The predicted molar refractivity (Wildman–Crippen MR) is 88.7 cm³/mol. The van der Waals surface area contributed by atoms with Gasteiger partial charge in [0, 0.05) is 9.65 Å². The predicted octanol–water partition coefficient (Wildman–Crippen LogP) is 5.70. The topological polar surface area (TPSA) is 0 Å². The summed E-state index contributed by atoms with van der Waals surface area (Å²) in [5.41, 5.74) is 6.21. The van der Waals surface area contributed by atoms with Crippen LogP contribution in [0.4, 0.5) is 0 Å². The average Bonchev–Trinajstić information content (AvgIpc) is 2.82. The highest BCUT2D eigenvalue weighted by atomic mass is 79.9. The summed E-state index contributed by atoms with van der Waals surface area (Å²) in [4.78, 5) is 1.05. The maximum Gasteiger partial charge on any atom is 0.0435 e. The van der Waals surface area contributed by atoms with Crippen LogP contribution in [-0.2, 0) is 0 Å². The third-order valence-corrected chi connectivity index (χ3v) is 7.85. The smallest absolute Gasteiger partial charge is 0.0435 e. The van der Waals surface area contributed by atoms with Crippen molar-refractivity contribution in [3.05, 3.63) is 70.8 Å². The molecule has 0 bridgehead atoms. The van der Waals surface area contributed by atoms with Gasteiger partial charge in [-0.3, -0.25) is 0 Å².